The molecule has 2 N–H and O–H groups in total. The van der Waals surface area contributed by atoms with Crippen LogP contribution in [0.25, 0.3) is 0 Å². The van der Waals surface area contributed by atoms with Crippen LogP contribution in [0.4, 0.5) is 5.82 Å². The summed E-state index contributed by atoms with van der Waals surface area (Å²) >= 11 is 0. The largest absolute Gasteiger partial charge is 0.369 e. The molecule has 1 rings (SSSR count). The molecule has 0 spiro atoms. The number of nitrogens with one attached hydrogen (secondary N) is 2. The van der Waals surface area contributed by atoms with Crippen molar-refractivity contribution in [1.29, 1.82) is 0 Å². The van der Waals surface area contributed by atoms with Crippen LogP contribution in [0.3, 0.4) is 0 Å². The fourth-order valence-corrected chi connectivity index (χ4v) is 1.44. The molecule has 1 aromatic heterocycles. The van der Waals surface area contributed by atoms with Crippen molar-refractivity contribution in [1.82, 2.24) is 20.2 Å². The van der Waals surface area contributed by atoms with Gasteiger partial charge in [-0.3, -0.25) is 14.7 Å². The summed E-state index contributed by atoms with van der Waals surface area (Å²) in [6.45, 7) is 3.95. The first-order chi connectivity index (χ1) is 8.65. The molecule has 6 nitrogen and oxygen atoms in total. The molecule has 0 fully saturated rings. The molecule has 0 aliphatic heterocycles. The lowest BCUT2D eigenvalue weighted by atomic mass is 10.4. The summed E-state index contributed by atoms with van der Waals surface area (Å²) in [6, 6.07) is 0. The van der Waals surface area contributed by atoms with E-state index in [2.05, 4.69) is 27.5 Å². The van der Waals surface area contributed by atoms with Crippen LogP contribution >= 0.6 is 0 Å². The summed E-state index contributed by atoms with van der Waals surface area (Å²) in [6.07, 6.45) is 4.51. The van der Waals surface area contributed by atoms with Crippen LogP contribution in [0.1, 0.15) is 19.0 Å². The van der Waals surface area contributed by atoms with Crippen LogP contribution in [0.2, 0.25) is 0 Å². The van der Waals surface area contributed by atoms with Gasteiger partial charge in [0.15, 0.2) is 0 Å². The Hall–Kier alpha value is -1.69. The van der Waals surface area contributed by atoms with E-state index in [0.29, 0.717) is 13.1 Å². The van der Waals surface area contributed by atoms with Crippen molar-refractivity contribution in [2.75, 3.05) is 32.5 Å². The summed E-state index contributed by atoms with van der Waals surface area (Å²) in [5.41, 5.74) is 0.850. The van der Waals surface area contributed by atoms with Gasteiger partial charge in [-0.2, -0.15) is 0 Å². The number of aromatic nitrogens is 2. The van der Waals surface area contributed by atoms with Gasteiger partial charge in [0.25, 0.3) is 0 Å². The third kappa shape index (κ3) is 5.09. The van der Waals surface area contributed by atoms with Gasteiger partial charge in [-0.25, -0.2) is 4.98 Å². The van der Waals surface area contributed by atoms with Gasteiger partial charge in [0.1, 0.15) is 5.82 Å². The molecule has 0 aliphatic rings. The number of anilines is 1. The van der Waals surface area contributed by atoms with E-state index in [1.807, 2.05) is 11.9 Å². The summed E-state index contributed by atoms with van der Waals surface area (Å²) < 4.78 is 0. The minimum Gasteiger partial charge on any atom is -0.369 e. The molecule has 0 bridgehead atoms. The monoisotopic (exact) mass is 251 g/mol. The second kappa shape index (κ2) is 7.60. The lowest BCUT2D eigenvalue weighted by molar-refractivity contribution is -0.121. The van der Waals surface area contributed by atoms with E-state index in [9.17, 15) is 4.79 Å². The van der Waals surface area contributed by atoms with Crippen LogP contribution in [0.15, 0.2) is 12.4 Å². The average molecular weight is 251 g/mol. The molecule has 6 heteroatoms. The zero-order valence-electron chi connectivity index (χ0n) is 11.2. The van der Waals surface area contributed by atoms with E-state index in [1.165, 1.54) is 0 Å². The van der Waals surface area contributed by atoms with E-state index < -0.39 is 0 Å². The number of nitrogens with zero attached hydrogens (tertiary/aromatic N) is 3. The lowest BCUT2D eigenvalue weighted by Crippen LogP contribution is -2.32. The molecule has 18 heavy (non-hydrogen) atoms. The zero-order chi connectivity index (χ0) is 13.4. The SMILES string of the molecule is CCCNc1cnc(CN(C)CC(=O)NC)cn1. The summed E-state index contributed by atoms with van der Waals surface area (Å²) in [4.78, 5) is 21.7. The Balaban J connectivity index is 2.45. The predicted molar refractivity (Wildman–Crippen MR) is 71.2 cm³/mol. The Morgan fingerprint density at radius 2 is 2.17 bits per heavy atom. The zero-order valence-corrected chi connectivity index (χ0v) is 11.2. The first-order valence-electron chi connectivity index (χ1n) is 6.09. The third-order valence-electron chi connectivity index (χ3n) is 2.39. The molecule has 1 amide bonds. The number of hydrogen-bond donors (Lipinski definition) is 2. The number of amides is 1. The van der Waals surface area contributed by atoms with Gasteiger partial charge in [-0.05, 0) is 13.5 Å². The Morgan fingerprint density at radius 1 is 1.39 bits per heavy atom. The Bertz CT molecular complexity index is 365. The van der Waals surface area contributed by atoms with E-state index in [0.717, 1.165) is 24.5 Å². The molecule has 0 radical (unpaired) electrons. The molecule has 100 valence electrons. The minimum absolute atomic E-state index is 0.00769. The number of likely N-dealkylation sites (N-methyl/N-ethyl adjacent to an activating group) is 2. The van der Waals surface area contributed by atoms with Crippen LogP contribution in [0.5, 0.6) is 0 Å². The van der Waals surface area contributed by atoms with Crippen molar-refractivity contribution >= 4 is 11.7 Å². The van der Waals surface area contributed by atoms with Crippen LogP contribution < -0.4 is 10.6 Å². The quantitative estimate of drug-likeness (QED) is 0.737. The average Bonchev–Trinajstić information content (AvgIpc) is 2.37. The molecule has 1 aromatic rings. The smallest absolute Gasteiger partial charge is 0.233 e. The van der Waals surface area contributed by atoms with Crippen molar-refractivity contribution in [2.45, 2.75) is 19.9 Å². The normalized spacial score (nSPS) is 10.4. The van der Waals surface area contributed by atoms with Crippen molar-refractivity contribution in [3.05, 3.63) is 18.1 Å². The van der Waals surface area contributed by atoms with Gasteiger partial charge >= 0.3 is 0 Å². The maximum absolute atomic E-state index is 11.2. The van der Waals surface area contributed by atoms with Gasteiger partial charge in [0.05, 0.1) is 24.6 Å². The van der Waals surface area contributed by atoms with E-state index in [1.54, 1.807) is 19.4 Å². The van der Waals surface area contributed by atoms with E-state index in [4.69, 9.17) is 0 Å². The van der Waals surface area contributed by atoms with E-state index >= 15 is 0 Å². The fourth-order valence-electron chi connectivity index (χ4n) is 1.44. The van der Waals surface area contributed by atoms with Crippen molar-refractivity contribution in [2.24, 2.45) is 0 Å². The van der Waals surface area contributed by atoms with Crippen molar-refractivity contribution < 1.29 is 4.79 Å². The number of hydrogen-bond acceptors (Lipinski definition) is 5. The minimum atomic E-state index is -0.00769. The van der Waals surface area contributed by atoms with Crippen LogP contribution in [0, 0.1) is 0 Å². The highest BCUT2D eigenvalue weighted by Crippen LogP contribution is 2.03. The number of carbonyl (C=O) groups excluding carboxylic acids is 1. The van der Waals surface area contributed by atoms with Crippen LogP contribution in [-0.2, 0) is 11.3 Å². The Labute approximate surface area is 108 Å². The number of rotatable bonds is 7. The molecule has 0 unspecified atom stereocenters. The van der Waals surface area contributed by atoms with Gasteiger partial charge < -0.3 is 10.6 Å². The molecular formula is C12H21N5O. The first-order valence-corrected chi connectivity index (χ1v) is 6.09. The maximum atomic E-state index is 11.2. The molecule has 1 heterocycles. The topological polar surface area (TPSA) is 70.2 Å². The highest BCUT2D eigenvalue weighted by atomic mass is 16.1. The van der Waals surface area contributed by atoms with Crippen molar-refractivity contribution in [3.8, 4) is 0 Å². The Kier molecular flexibility index (Phi) is 6.07. The van der Waals surface area contributed by atoms with Gasteiger partial charge in [0.2, 0.25) is 5.91 Å². The molecular weight excluding hydrogens is 230 g/mol. The second-order valence-corrected chi connectivity index (χ2v) is 4.17. The maximum Gasteiger partial charge on any atom is 0.233 e. The van der Waals surface area contributed by atoms with Crippen LogP contribution in [-0.4, -0.2) is 48.0 Å². The highest BCUT2D eigenvalue weighted by Gasteiger charge is 2.06. The standard InChI is InChI=1S/C12H21N5O/c1-4-5-14-11-7-15-10(6-16-11)8-17(3)9-12(18)13-2/h6-7H,4-5,8-9H2,1-3H3,(H,13,18)(H,14,16). The molecule has 0 saturated heterocycles. The van der Waals surface area contributed by atoms with Gasteiger partial charge in [-0.15, -0.1) is 0 Å². The predicted octanol–water partition coefficient (Wildman–Crippen LogP) is 0.476. The highest BCUT2D eigenvalue weighted by molar-refractivity contribution is 5.77. The molecule has 0 aromatic carbocycles. The summed E-state index contributed by atoms with van der Waals surface area (Å²) in [7, 11) is 3.50. The molecule has 0 atom stereocenters. The lowest BCUT2D eigenvalue weighted by Gasteiger charge is -2.14. The first kappa shape index (κ1) is 14.4. The van der Waals surface area contributed by atoms with Gasteiger partial charge in [0, 0.05) is 20.1 Å². The van der Waals surface area contributed by atoms with E-state index in [-0.39, 0.29) is 5.91 Å². The Morgan fingerprint density at radius 3 is 2.72 bits per heavy atom. The third-order valence-corrected chi connectivity index (χ3v) is 2.39. The fraction of sp³-hybridized carbons (Fsp3) is 0.583. The molecule has 0 aliphatic carbocycles. The molecule has 0 saturated carbocycles. The van der Waals surface area contributed by atoms with Crippen molar-refractivity contribution in [3.63, 3.8) is 0 Å². The second-order valence-electron chi connectivity index (χ2n) is 4.17. The van der Waals surface area contributed by atoms with Gasteiger partial charge in [-0.1, -0.05) is 6.92 Å². The summed E-state index contributed by atoms with van der Waals surface area (Å²) in [5.74, 6) is 0.779. The summed E-state index contributed by atoms with van der Waals surface area (Å²) in [5, 5.41) is 5.75. The number of carbonyl (C=O) groups is 1.